The fraction of sp³-hybridized carbons (Fsp3) is 0.833. The molecule has 0 aromatic heterocycles. The molecule has 1 aliphatic rings. The van der Waals surface area contributed by atoms with Crippen LogP contribution in [0.5, 0.6) is 0 Å². The quantitative estimate of drug-likeness (QED) is 0.445. The van der Waals surface area contributed by atoms with Crippen LogP contribution in [0.2, 0.25) is 0 Å². The zero-order chi connectivity index (χ0) is 13.4. The highest BCUT2D eigenvalue weighted by molar-refractivity contribution is 5.86. The maximum absolute atomic E-state index is 11.7. The van der Waals surface area contributed by atoms with Crippen molar-refractivity contribution in [2.75, 3.05) is 39.8 Å². The van der Waals surface area contributed by atoms with Crippen molar-refractivity contribution in [2.24, 2.45) is 11.7 Å². The van der Waals surface area contributed by atoms with Gasteiger partial charge in [0.25, 0.3) is 0 Å². The molecule has 1 amide bonds. The van der Waals surface area contributed by atoms with E-state index in [0.29, 0.717) is 19.6 Å². The topological polar surface area (TPSA) is 84.7 Å². The lowest BCUT2D eigenvalue weighted by Crippen LogP contribution is -2.30. The van der Waals surface area contributed by atoms with Crippen LogP contribution in [0.3, 0.4) is 0 Å². The van der Waals surface area contributed by atoms with Gasteiger partial charge in [-0.2, -0.15) is 0 Å². The Balaban J connectivity index is 2.15. The fourth-order valence-electron chi connectivity index (χ4n) is 2.06. The van der Waals surface area contributed by atoms with Crippen LogP contribution in [-0.4, -0.2) is 56.6 Å². The molecule has 1 atom stereocenters. The van der Waals surface area contributed by atoms with E-state index in [9.17, 15) is 9.59 Å². The molecule has 0 aromatic rings. The van der Waals surface area contributed by atoms with Crippen molar-refractivity contribution in [3.8, 4) is 0 Å². The Morgan fingerprint density at radius 2 is 2.22 bits per heavy atom. The van der Waals surface area contributed by atoms with Gasteiger partial charge in [0, 0.05) is 19.5 Å². The molecule has 0 radical (unpaired) electrons. The first-order valence-electron chi connectivity index (χ1n) is 6.45. The van der Waals surface area contributed by atoms with E-state index in [1.54, 1.807) is 4.90 Å². The van der Waals surface area contributed by atoms with Crippen molar-refractivity contribution < 1.29 is 14.3 Å². The zero-order valence-corrected chi connectivity index (χ0v) is 11.0. The summed E-state index contributed by atoms with van der Waals surface area (Å²) in [6, 6.07) is 0. The van der Waals surface area contributed by atoms with E-state index in [1.807, 2.05) is 0 Å². The summed E-state index contributed by atoms with van der Waals surface area (Å²) in [6.45, 7) is 3.66. The highest BCUT2D eigenvalue weighted by Gasteiger charge is 2.34. The Morgan fingerprint density at radius 1 is 1.50 bits per heavy atom. The van der Waals surface area contributed by atoms with Gasteiger partial charge >= 0.3 is 5.97 Å². The smallest absolute Gasteiger partial charge is 0.310 e. The Hall–Kier alpha value is -1.14. The van der Waals surface area contributed by atoms with Crippen LogP contribution < -0.4 is 11.1 Å². The molecular weight excluding hydrogens is 234 g/mol. The number of rotatable bonds is 8. The van der Waals surface area contributed by atoms with E-state index in [-0.39, 0.29) is 24.2 Å². The van der Waals surface area contributed by atoms with Gasteiger partial charge in [0.15, 0.2) is 0 Å². The van der Waals surface area contributed by atoms with Crippen molar-refractivity contribution in [1.82, 2.24) is 10.2 Å². The van der Waals surface area contributed by atoms with Gasteiger partial charge in [-0.3, -0.25) is 9.59 Å². The van der Waals surface area contributed by atoms with Gasteiger partial charge in [-0.15, -0.1) is 0 Å². The van der Waals surface area contributed by atoms with Gasteiger partial charge in [-0.1, -0.05) is 0 Å². The number of hydrogen-bond acceptors (Lipinski definition) is 5. The minimum absolute atomic E-state index is 0.0485. The molecule has 0 bridgehead atoms. The molecule has 6 heteroatoms. The van der Waals surface area contributed by atoms with Gasteiger partial charge in [0.05, 0.1) is 13.0 Å². The number of carbonyl (C=O) groups is 2. The minimum Gasteiger partial charge on any atom is -0.469 e. The second kappa shape index (κ2) is 8.05. The lowest BCUT2D eigenvalue weighted by atomic mass is 10.1. The number of likely N-dealkylation sites (tertiary alicyclic amines) is 1. The number of nitrogens with one attached hydrogen (secondary N) is 1. The van der Waals surface area contributed by atoms with Gasteiger partial charge in [0.1, 0.15) is 0 Å². The Bertz CT molecular complexity index is 284. The average Bonchev–Trinajstić information content (AvgIpc) is 2.74. The molecule has 1 unspecified atom stereocenters. The van der Waals surface area contributed by atoms with Gasteiger partial charge in [-0.25, -0.2) is 0 Å². The molecule has 1 aliphatic heterocycles. The summed E-state index contributed by atoms with van der Waals surface area (Å²) >= 11 is 0. The number of amides is 1. The summed E-state index contributed by atoms with van der Waals surface area (Å²) in [5, 5.41) is 3.26. The molecule has 1 saturated heterocycles. The number of nitrogens with two attached hydrogens (primary N) is 1. The molecule has 18 heavy (non-hydrogen) atoms. The van der Waals surface area contributed by atoms with E-state index >= 15 is 0 Å². The van der Waals surface area contributed by atoms with Crippen molar-refractivity contribution in [3.05, 3.63) is 0 Å². The number of esters is 1. The monoisotopic (exact) mass is 257 g/mol. The molecule has 0 spiro atoms. The normalized spacial score (nSPS) is 19.3. The molecule has 0 aromatic carbocycles. The predicted molar refractivity (Wildman–Crippen MR) is 67.9 cm³/mol. The third kappa shape index (κ3) is 4.62. The molecule has 1 rings (SSSR count). The van der Waals surface area contributed by atoms with Crippen LogP contribution in [0.25, 0.3) is 0 Å². The first-order chi connectivity index (χ1) is 8.69. The standard InChI is InChI=1S/C12H23N3O3/c1-18-12(17)10-8-11(16)15(9-10)7-3-6-14-5-2-4-13/h10,14H,2-9,13H2,1H3. The molecule has 0 saturated carbocycles. The Kier molecular flexibility index (Phi) is 6.67. The van der Waals surface area contributed by atoms with Crippen LogP contribution in [0, 0.1) is 5.92 Å². The molecule has 6 nitrogen and oxygen atoms in total. The molecule has 1 heterocycles. The van der Waals surface area contributed by atoms with E-state index < -0.39 is 0 Å². The third-order valence-electron chi connectivity index (χ3n) is 3.09. The molecule has 0 aliphatic carbocycles. The first kappa shape index (κ1) is 14.9. The lowest BCUT2D eigenvalue weighted by molar-refractivity contribution is -0.145. The Morgan fingerprint density at radius 3 is 2.89 bits per heavy atom. The maximum atomic E-state index is 11.7. The van der Waals surface area contributed by atoms with Crippen LogP contribution in [-0.2, 0) is 14.3 Å². The Labute approximate surface area is 108 Å². The number of ether oxygens (including phenoxy) is 1. The van der Waals surface area contributed by atoms with Crippen molar-refractivity contribution >= 4 is 11.9 Å². The highest BCUT2D eigenvalue weighted by Crippen LogP contribution is 2.18. The van der Waals surface area contributed by atoms with Crippen LogP contribution in [0.1, 0.15) is 19.3 Å². The number of methoxy groups -OCH3 is 1. The molecular formula is C12H23N3O3. The molecule has 1 fully saturated rings. The SMILES string of the molecule is COC(=O)C1CC(=O)N(CCCNCCCN)C1. The summed E-state index contributed by atoms with van der Waals surface area (Å²) in [4.78, 5) is 24.7. The van der Waals surface area contributed by atoms with E-state index in [0.717, 1.165) is 25.9 Å². The maximum Gasteiger partial charge on any atom is 0.310 e. The lowest BCUT2D eigenvalue weighted by Gasteiger charge is -2.16. The second-order valence-electron chi connectivity index (χ2n) is 4.51. The van der Waals surface area contributed by atoms with E-state index in [1.165, 1.54) is 7.11 Å². The van der Waals surface area contributed by atoms with Crippen molar-refractivity contribution in [3.63, 3.8) is 0 Å². The van der Waals surface area contributed by atoms with Crippen LogP contribution in [0.15, 0.2) is 0 Å². The molecule has 3 N–H and O–H groups in total. The van der Waals surface area contributed by atoms with Gasteiger partial charge < -0.3 is 20.7 Å². The first-order valence-corrected chi connectivity index (χ1v) is 6.45. The number of nitrogens with zero attached hydrogens (tertiary/aromatic N) is 1. The van der Waals surface area contributed by atoms with Crippen LogP contribution >= 0.6 is 0 Å². The second-order valence-corrected chi connectivity index (χ2v) is 4.51. The highest BCUT2D eigenvalue weighted by atomic mass is 16.5. The number of carbonyl (C=O) groups excluding carboxylic acids is 2. The van der Waals surface area contributed by atoms with Crippen LogP contribution in [0.4, 0.5) is 0 Å². The van der Waals surface area contributed by atoms with E-state index in [4.69, 9.17) is 5.73 Å². The predicted octanol–water partition coefficient (Wildman–Crippen LogP) is -0.664. The summed E-state index contributed by atoms with van der Waals surface area (Å²) in [5.41, 5.74) is 5.38. The van der Waals surface area contributed by atoms with Gasteiger partial charge in [-0.05, 0) is 32.5 Å². The zero-order valence-electron chi connectivity index (χ0n) is 11.0. The summed E-state index contributed by atoms with van der Waals surface area (Å²) in [6.07, 6.45) is 2.14. The third-order valence-corrected chi connectivity index (χ3v) is 3.09. The molecule has 104 valence electrons. The van der Waals surface area contributed by atoms with Crippen molar-refractivity contribution in [1.29, 1.82) is 0 Å². The summed E-state index contributed by atoms with van der Waals surface area (Å²) in [7, 11) is 1.36. The summed E-state index contributed by atoms with van der Waals surface area (Å²) < 4.78 is 4.66. The average molecular weight is 257 g/mol. The minimum atomic E-state index is -0.285. The number of hydrogen-bond donors (Lipinski definition) is 2. The largest absolute Gasteiger partial charge is 0.469 e. The summed E-state index contributed by atoms with van der Waals surface area (Å²) in [5.74, 6) is -0.521. The van der Waals surface area contributed by atoms with E-state index in [2.05, 4.69) is 10.1 Å². The van der Waals surface area contributed by atoms with Crippen molar-refractivity contribution in [2.45, 2.75) is 19.3 Å². The fourth-order valence-corrected chi connectivity index (χ4v) is 2.06. The van der Waals surface area contributed by atoms with Gasteiger partial charge in [0.2, 0.25) is 5.91 Å².